The third-order valence-corrected chi connectivity index (χ3v) is 5.95. The summed E-state index contributed by atoms with van der Waals surface area (Å²) in [7, 11) is 0. The summed E-state index contributed by atoms with van der Waals surface area (Å²) in [6, 6.07) is 0. The summed E-state index contributed by atoms with van der Waals surface area (Å²) in [4.78, 5) is 0. The van der Waals surface area contributed by atoms with Crippen LogP contribution in [0.4, 0.5) is 0 Å². The Hall–Kier alpha value is -0.0400. The van der Waals surface area contributed by atoms with Crippen LogP contribution in [0.3, 0.4) is 0 Å². The van der Waals surface area contributed by atoms with Crippen molar-refractivity contribution in [2.45, 2.75) is 63.8 Å². The summed E-state index contributed by atoms with van der Waals surface area (Å²) in [5.41, 5.74) is 7.60. The van der Waals surface area contributed by atoms with Gasteiger partial charge in [-0.2, -0.15) is 0 Å². The minimum absolute atomic E-state index is 0.229. The Morgan fingerprint density at radius 2 is 1.79 bits per heavy atom. The number of rotatable bonds is 1. The molecule has 3 aliphatic rings. The molecular formula is C13H23N. The van der Waals surface area contributed by atoms with Gasteiger partial charge in [-0.1, -0.05) is 19.8 Å². The first-order valence-corrected chi connectivity index (χ1v) is 6.52. The van der Waals surface area contributed by atoms with Gasteiger partial charge >= 0.3 is 0 Å². The van der Waals surface area contributed by atoms with Crippen LogP contribution in [0, 0.1) is 17.3 Å². The fraction of sp³-hybridized carbons (Fsp3) is 1.00. The van der Waals surface area contributed by atoms with Crippen LogP contribution in [0.1, 0.15) is 58.3 Å². The number of fused-ring (bicyclic) bond motifs is 3. The van der Waals surface area contributed by atoms with E-state index in [1.165, 1.54) is 51.4 Å². The van der Waals surface area contributed by atoms with Crippen LogP contribution < -0.4 is 5.73 Å². The van der Waals surface area contributed by atoms with Crippen LogP contribution in [-0.4, -0.2) is 5.54 Å². The monoisotopic (exact) mass is 193 g/mol. The van der Waals surface area contributed by atoms with Crippen molar-refractivity contribution < 1.29 is 0 Å². The Morgan fingerprint density at radius 1 is 1.14 bits per heavy atom. The zero-order valence-corrected chi connectivity index (χ0v) is 9.39. The lowest BCUT2D eigenvalue weighted by atomic mass is 9.59. The molecule has 0 amide bonds. The highest BCUT2D eigenvalue weighted by Crippen LogP contribution is 2.67. The van der Waals surface area contributed by atoms with Crippen molar-refractivity contribution in [3.63, 3.8) is 0 Å². The van der Waals surface area contributed by atoms with Crippen LogP contribution in [-0.2, 0) is 0 Å². The predicted octanol–water partition coefficient (Wildman–Crippen LogP) is 3.08. The maximum Gasteiger partial charge on any atom is 0.0240 e. The number of hydrogen-bond donors (Lipinski definition) is 1. The molecule has 0 radical (unpaired) electrons. The lowest BCUT2D eigenvalue weighted by Gasteiger charge is -2.49. The molecule has 2 N–H and O–H groups in total. The Morgan fingerprint density at radius 3 is 2.43 bits per heavy atom. The van der Waals surface area contributed by atoms with Gasteiger partial charge in [-0.05, 0) is 55.8 Å². The van der Waals surface area contributed by atoms with Crippen molar-refractivity contribution >= 4 is 0 Å². The molecule has 2 bridgehead atoms. The zero-order valence-electron chi connectivity index (χ0n) is 9.39. The minimum Gasteiger partial charge on any atom is -0.324 e. The average molecular weight is 193 g/mol. The molecule has 0 aromatic heterocycles. The number of nitrogens with two attached hydrogens (primary N) is 1. The molecule has 1 nitrogen and oxygen atoms in total. The summed E-state index contributed by atoms with van der Waals surface area (Å²) >= 11 is 0. The average Bonchev–Trinajstić information content (AvgIpc) is 2.88. The maximum atomic E-state index is 6.78. The molecule has 0 aliphatic heterocycles. The van der Waals surface area contributed by atoms with Gasteiger partial charge in [0.2, 0.25) is 0 Å². The summed E-state index contributed by atoms with van der Waals surface area (Å²) in [6.07, 6.45) is 11.4. The van der Waals surface area contributed by atoms with Gasteiger partial charge in [0.05, 0.1) is 0 Å². The molecule has 0 aromatic rings. The molecule has 3 rings (SSSR count). The minimum atomic E-state index is 0.229. The van der Waals surface area contributed by atoms with Gasteiger partial charge < -0.3 is 5.73 Å². The zero-order chi connectivity index (χ0) is 9.81. The Balaban J connectivity index is 2.01. The van der Waals surface area contributed by atoms with Crippen molar-refractivity contribution in [2.24, 2.45) is 23.0 Å². The van der Waals surface area contributed by atoms with Crippen molar-refractivity contribution in [3.05, 3.63) is 0 Å². The smallest absolute Gasteiger partial charge is 0.0240 e. The van der Waals surface area contributed by atoms with Gasteiger partial charge in [0.15, 0.2) is 0 Å². The van der Waals surface area contributed by atoms with Gasteiger partial charge in [0, 0.05) is 5.54 Å². The van der Waals surface area contributed by atoms with Crippen LogP contribution >= 0.6 is 0 Å². The van der Waals surface area contributed by atoms with Crippen LogP contribution in [0.5, 0.6) is 0 Å². The van der Waals surface area contributed by atoms with E-state index < -0.39 is 0 Å². The van der Waals surface area contributed by atoms with Gasteiger partial charge in [0.25, 0.3) is 0 Å². The van der Waals surface area contributed by atoms with Gasteiger partial charge in [0.1, 0.15) is 0 Å². The van der Waals surface area contributed by atoms with E-state index in [4.69, 9.17) is 5.73 Å². The van der Waals surface area contributed by atoms with E-state index in [1.54, 1.807) is 0 Å². The van der Waals surface area contributed by atoms with Crippen LogP contribution in [0.15, 0.2) is 0 Å². The summed E-state index contributed by atoms with van der Waals surface area (Å²) < 4.78 is 0. The molecule has 0 aromatic carbocycles. The number of hydrogen-bond acceptors (Lipinski definition) is 1. The molecule has 3 unspecified atom stereocenters. The topological polar surface area (TPSA) is 26.0 Å². The second-order valence-corrected chi connectivity index (χ2v) is 5.96. The molecule has 3 aliphatic carbocycles. The first kappa shape index (κ1) is 9.21. The largest absolute Gasteiger partial charge is 0.324 e. The van der Waals surface area contributed by atoms with E-state index in [-0.39, 0.29) is 5.54 Å². The molecule has 0 heterocycles. The standard InChI is InChI=1S/C13H23N/c1-2-13(14)11-6-5-10(9-11)12(13)7-3-4-8-12/h10-11H,2-9,14H2,1H3. The van der Waals surface area contributed by atoms with E-state index in [0.717, 1.165) is 11.8 Å². The van der Waals surface area contributed by atoms with E-state index in [1.807, 2.05) is 0 Å². The molecular weight excluding hydrogens is 170 g/mol. The van der Waals surface area contributed by atoms with Crippen molar-refractivity contribution in [2.75, 3.05) is 0 Å². The van der Waals surface area contributed by atoms with Crippen molar-refractivity contribution in [1.29, 1.82) is 0 Å². The van der Waals surface area contributed by atoms with Gasteiger partial charge in [-0.15, -0.1) is 0 Å². The van der Waals surface area contributed by atoms with Crippen molar-refractivity contribution in [1.82, 2.24) is 0 Å². The molecule has 3 saturated carbocycles. The second-order valence-electron chi connectivity index (χ2n) is 5.96. The molecule has 1 heteroatoms. The lowest BCUT2D eigenvalue weighted by molar-refractivity contribution is 0.0506. The highest BCUT2D eigenvalue weighted by molar-refractivity contribution is 5.18. The lowest BCUT2D eigenvalue weighted by Crippen LogP contribution is -2.57. The van der Waals surface area contributed by atoms with Crippen LogP contribution in [0.25, 0.3) is 0 Å². The molecule has 3 atom stereocenters. The molecule has 0 saturated heterocycles. The third-order valence-electron chi connectivity index (χ3n) is 5.95. The Bertz CT molecular complexity index is 242. The SMILES string of the molecule is CCC1(N)C2CCC(C2)C12CCCC2. The third kappa shape index (κ3) is 0.816. The Kier molecular flexibility index (Phi) is 1.81. The van der Waals surface area contributed by atoms with E-state index >= 15 is 0 Å². The second kappa shape index (κ2) is 2.75. The highest BCUT2D eigenvalue weighted by Gasteiger charge is 2.64. The van der Waals surface area contributed by atoms with Crippen molar-refractivity contribution in [3.8, 4) is 0 Å². The van der Waals surface area contributed by atoms with E-state index in [0.29, 0.717) is 5.41 Å². The van der Waals surface area contributed by atoms with E-state index in [2.05, 4.69) is 6.92 Å². The van der Waals surface area contributed by atoms with E-state index in [9.17, 15) is 0 Å². The van der Waals surface area contributed by atoms with Gasteiger partial charge in [-0.25, -0.2) is 0 Å². The molecule has 3 fully saturated rings. The Labute approximate surface area is 87.4 Å². The predicted molar refractivity (Wildman–Crippen MR) is 58.9 cm³/mol. The first-order valence-electron chi connectivity index (χ1n) is 6.52. The molecule has 80 valence electrons. The molecule has 1 spiro atoms. The summed E-state index contributed by atoms with van der Waals surface area (Å²) in [5, 5.41) is 0. The fourth-order valence-electron chi connectivity index (χ4n) is 5.26. The first-order chi connectivity index (χ1) is 6.73. The fourth-order valence-corrected chi connectivity index (χ4v) is 5.26. The maximum absolute atomic E-state index is 6.78. The normalized spacial score (nSPS) is 49.3. The van der Waals surface area contributed by atoms with Crippen LogP contribution in [0.2, 0.25) is 0 Å². The highest BCUT2D eigenvalue weighted by atomic mass is 14.9. The summed E-state index contributed by atoms with van der Waals surface area (Å²) in [5.74, 6) is 1.87. The quantitative estimate of drug-likeness (QED) is 0.680. The summed E-state index contributed by atoms with van der Waals surface area (Å²) in [6.45, 7) is 2.32. The molecule has 14 heavy (non-hydrogen) atoms. The van der Waals surface area contributed by atoms with Gasteiger partial charge in [-0.3, -0.25) is 0 Å².